The van der Waals surface area contributed by atoms with Gasteiger partial charge in [-0.3, -0.25) is 0 Å². The van der Waals surface area contributed by atoms with Crippen LogP contribution in [-0.2, 0) is 23.7 Å². The van der Waals surface area contributed by atoms with E-state index in [1.807, 2.05) is 6.92 Å². The SMILES string of the molecule is CCC1O[C@@H](O[C@@H]2C(O)[C@H](O[C@@H]3C(O)C(C)OC(CC)[C@H]3O)OC(CC)[C@H]2O)C(O)[C@@H](O)[C@@H]1O. The Labute approximate surface area is 199 Å². The summed E-state index contributed by atoms with van der Waals surface area (Å²) < 4.78 is 28.5. The van der Waals surface area contributed by atoms with Crippen LogP contribution in [0.25, 0.3) is 0 Å². The lowest BCUT2D eigenvalue weighted by Crippen LogP contribution is -2.65. The second kappa shape index (κ2) is 11.7. The molecule has 0 bridgehead atoms. The number of hydrogen-bond donors (Lipinski definition) is 7. The molecule has 0 aromatic heterocycles. The van der Waals surface area contributed by atoms with Gasteiger partial charge in [-0.2, -0.15) is 0 Å². The molecule has 3 rings (SSSR count). The summed E-state index contributed by atoms with van der Waals surface area (Å²) in [6.07, 6.45) is -17.0. The standard InChI is InChI=1S/C22H40O12/c1-5-9-13(24)16(27)17(28)21(31-9)34-20-15(26)11(7-3)32-22(18(20)29)33-19-12(23)8(4)30-10(6-2)14(19)25/h8-29H,5-7H2,1-4H3/t8?,9?,10?,11?,12?,13-,14-,15-,16+,17?,18?,19-,20+,21+,22+/m1/s1. The Morgan fingerprint density at radius 3 is 1.41 bits per heavy atom. The highest BCUT2D eigenvalue weighted by Crippen LogP contribution is 2.33. The van der Waals surface area contributed by atoms with Gasteiger partial charge in [0.05, 0.1) is 24.4 Å². The van der Waals surface area contributed by atoms with E-state index in [0.717, 1.165) is 0 Å². The third-order valence-corrected chi connectivity index (χ3v) is 7.02. The highest BCUT2D eigenvalue weighted by molar-refractivity contribution is 4.96. The Hall–Kier alpha value is -0.480. The number of ether oxygens (including phenoxy) is 5. The number of hydrogen-bond acceptors (Lipinski definition) is 12. The molecule has 12 nitrogen and oxygen atoms in total. The van der Waals surface area contributed by atoms with Crippen LogP contribution in [0.5, 0.6) is 0 Å². The molecule has 3 heterocycles. The molecular formula is C22H40O12. The molecule has 12 heteroatoms. The van der Waals surface area contributed by atoms with Gasteiger partial charge in [-0.25, -0.2) is 0 Å². The highest BCUT2D eigenvalue weighted by Gasteiger charge is 2.52. The monoisotopic (exact) mass is 496 g/mol. The Balaban J connectivity index is 1.78. The molecular weight excluding hydrogens is 456 g/mol. The van der Waals surface area contributed by atoms with E-state index in [2.05, 4.69) is 0 Å². The molecule has 0 aliphatic carbocycles. The molecule has 0 saturated carbocycles. The fourth-order valence-electron chi connectivity index (χ4n) is 4.81. The first-order valence-electron chi connectivity index (χ1n) is 12.1. The van der Waals surface area contributed by atoms with Gasteiger partial charge >= 0.3 is 0 Å². The summed E-state index contributed by atoms with van der Waals surface area (Å²) in [5.74, 6) is 0. The first kappa shape index (κ1) is 28.1. The minimum atomic E-state index is -1.63. The third kappa shape index (κ3) is 5.43. The van der Waals surface area contributed by atoms with Gasteiger partial charge < -0.3 is 59.4 Å². The molecule has 3 saturated heterocycles. The van der Waals surface area contributed by atoms with E-state index < -0.39 is 91.9 Å². The van der Waals surface area contributed by atoms with Crippen molar-refractivity contribution in [3.63, 3.8) is 0 Å². The summed E-state index contributed by atoms with van der Waals surface area (Å²) >= 11 is 0. The van der Waals surface area contributed by atoms with Crippen molar-refractivity contribution in [3.05, 3.63) is 0 Å². The summed E-state index contributed by atoms with van der Waals surface area (Å²) in [5.41, 5.74) is 0. The molecule has 7 N–H and O–H groups in total. The van der Waals surface area contributed by atoms with Gasteiger partial charge in [0.2, 0.25) is 0 Å². The maximum atomic E-state index is 11.0. The molecule has 7 unspecified atom stereocenters. The topological polar surface area (TPSA) is 188 Å². The molecule has 3 fully saturated rings. The van der Waals surface area contributed by atoms with E-state index in [4.69, 9.17) is 23.7 Å². The molecule has 3 aliphatic rings. The van der Waals surface area contributed by atoms with Crippen molar-refractivity contribution in [2.24, 2.45) is 0 Å². The van der Waals surface area contributed by atoms with E-state index in [1.54, 1.807) is 20.8 Å². The second-order valence-electron chi connectivity index (χ2n) is 9.33. The van der Waals surface area contributed by atoms with Crippen LogP contribution < -0.4 is 0 Å². The van der Waals surface area contributed by atoms with Crippen LogP contribution in [0, 0.1) is 0 Å². The van der Waals surface area contributed by atoms with Crippen LogP contribution in [-0.4, -0.2) is 128 Å². The zero-order chi connectivity index (χ0) is 25.3. The van der Waals surface area contributed by atoms with Gasteiger partial charge in [0.1, 0.15) is 54.9 Å². The number of aliphatic hydroxyl groups excluding tert-OH is 7. The quantitative estimate of drug-likeness (QED) is 0.201. The first-order chi connectivity index (χ1) is 16.0. The summed E-state index contributed by atoms with van der Waals surface area (Å²) in [6.45, 7) is 6.93. The van der Waals surface area contributed by atoms with Gasteiger partial charge in [-0.15, -0.1) is 0 Å². The van der Waals surface area contributed by atoms with E-state index in [1.165, 1.54) is 0 Å². The van der Waals surface area contributed by atoms with E-state index in [0.29, 0.717) is 19.3 Å². The van der Waals surface area contributed by atoms with Crippen molar-refractivity contribution in [2.75, 3.05) is 0 Å². The van der Waals surface area contributed by atoms with Gasteiger partial charge in [-0.05, 0) is 26.2 Å². The summed E-state index contributed by atoms with van der Waals surface area (Å²) in [7, 11) is 0. The highest BCUT2D eigenvalue weighted by atomic mass is 16.7. The van der Waals surface area contributed by atoms with Crippen molar-refractivity contribution in [3.8, 4) is 0 Å². The zero-order valence-electron chi connectivity index (χ0n) is 20.0. The van der Waals surface area contributed by atoms with E-state index in [-0.39, 0.29) is 0 Å². The smallest absolute Gasteiger partial charge is 0.187 e. The molecule has 0 amide bonds. The lowest BCUT2D eigenvalue weighted by atomic mass is 9.93. The normalized spacial score (nSPS) is 52.5. The van der Waals surface area contributed by atoms with E-state index in [9.17, 15) is 35.7 Å². The zero-order valence-corrected chi connectivity index (χ0v) is 20.0. The fraction of sp³-hybridized carbons (Fsp3) is 1.00. The van der Waals surface area contributed by atoms with E-state index >= 15 is 0 Å². The Kier molecular flexibility index (Phi) is 9.68. The maximum absolute atomic E-state index is 11.0. The predicted octanol–water partition coefficient (Wildman–Crippen LogP) is -2.25. The van der Waals surface area contributed by atoms with Gasteiger partial charge in [0.25, 0.3) is 0 Å². The molecule has 34 heavy (non-hydrogen) atoms. The largest absolute Gasteiger partial charge is 0.388 e. The molecule has 0 aromatic carbocycles. The summed E-state index contributed by atoms with van der Waals surface area (Å²) in [5, 5.41) is 73.6. The minimum Gasteiger partial charge on any atom is -0.388 e. The molecule has 15 atom stereocenters. The Morgan fingerprint density at radius 1 is 0.500 bits per heavy atom. The first-order valence-corrected chi connectivity index (χ1v) is 12.1. The molecule has 0 aromatic rings. The van der Waals surface area contributed by atoms with Crippen molar-refractivity contribution in [2.45, 2.75) is 139 Å². The average molecular weight is 497 g/mol. The van der Waals surface area contributed by atoms with Crippen LogP contribution in [0.3, 0.4) is 0 Å². The Bertz CT molecular complexity index is 637. The Morgan fingerprint density at radius 2 is 0.912 bits per heavy atom. The summed E-state index contributed by atoms with van der Waals surface area (Å²) in [4.78, 5) is 0. The number of rotatable bonds is 7. The number of aliphatic hydroxyl groups is 7. The van der Waals surface area contributed by atoms with Crippen LogP contribution in [0.2, 0.25) is 0 Å². The molecule has 0 radical (unpaired) electrons. The van der Waals surface area contributed by atoms with Gasteiger partial charge in [0.15, 0.2) is 12.6 Å². The molecule has 200 valence electrons. The van der Waals surface area contributed by atoms with Crippen LogP contribution >= 0.6 is 0 Å². The van der Waals surface area contributed by atoms with Crippen molar-refractivity contribution in [1.29, 1.82) is 0 Å². The minimum absolute atomic E-state index is 0.313. The van der Waals surface area contributed by atoms with Crippen molar-refractivity contribution < 1.29 is 59.4 Å². The molecule has 3 aliphatic heterocycles. The third-order valence-electron chi connectivity index (χ3n) is 7.02. The van der Waals surface area contributed by atoms with Crippen LogP contribution in [0.15, 0.2) is 0 Å². The molecule has 0 spiro atoms. The van der Waals surface area contributed by atoms with Crippen molar-refractivity contribution >= 4 is 0 Å². The predicted molar refractivity (Wildman–Crippen MR) is 114 cm³/mol. The van der Waals surface area contributed by atoms with Gasteiger partial charge in [0, 0.05) is 0 Å². The fourth-order valence-corrected chi connectivity index (χ4v) is 4.81. The average Bonchev–Trinajstić information content (AvgIpc) is 2.82. The lowest BCUT2D eigenvalue weighted by Gasteiger charge is -2.48. The lowest BCUT2D eigenvalue weighted by molar-refractivity contribution is -0.370. The van der Waals surface area contributed by atoms with Crippen molar-refractivity contribution in [1.82, 2.24) is 0 Å². The van der Waals surface area contributed by atoms with Gasteiger partial charge in [-0.1, -0.05) is 20.8 Å². The maximum Gasteiger partial charge on any atom is 0.187 e. The summed E-state index contributed by atoms with van der Waals surface area (Å²) in [6, 6.07) is 0. The van der Waals surface area contributed by atoms with Crippen LogP contribution in [0.4, 0.5) is 0 Å². The second-order valence-corrected chi connectivity index (χ2v) is 9.33. The van der Waals surface area contributed by atoms with Crippen LogP contribution in [0.1, 0.15) is 47.0 Å².